The molecule has 4 rings (SSSR count). The van der Waals surface area contributed by atoms with Crippen LogP contribution in [0.4, 0.5) is 0 Å². The topological polar surface area (TPSA) is 131 Å². The van der Waals surface area contributed by atoms with Crippen molar-refractivity contribution in [3.8, 4) is 28.4 Å². The molecule has 1 saturated heterocycles. The fourth-order valence-electron chi connectivity index (χ4n) is 3.17. The summed E-state index contributed by atoms with van der Waals surface area (Å²) in [5.41, 5.74) is -0.236. The lowest BCUT2D eigenvalue weighted by Gasteiger charge is -2.19. The number of aromatic nitrogens is 1. The highest BCUT2D eigenvalue weighted by atomic mass is 16.7. The average molecular weight is 363 g/mol. The third kappa shape index (κ3) is 2.53. The Labute approximate surface area is 147 Å². The summed E-state index contributed by atoms with van der Waals surface area (Å²) in [5.74, 6) is 0.731. The Balaban J connectivity index is 1.78. The standard InChI is InChI=1S/C17H17NO8/c19-6-12-14(21)15(22)17(26-12)18-4-3-9(20)13(16(18)23)8-1-2-10-11(5-8)25-7-24-10/h1-5,12,14-15,17,19-22H,6-7H2/t12-,14?,15?,17-/m1/s1. The summed E-state index contributed by atoms with van der Waals surface area (Å²) in [5, 5.41) is 39.4. The van der Waals surface area contributed by atoms with Gasteiger partial charge in [0, 0.05) is 6.20 Å². The molecule has 138 valence electrons. The Morgan fingerprint density at radius 3 is 2.62 bits per heavy atom. The van der Waals surface area contributed by atoms with Crippen LogP contribution < -0.4 is 15.0 Å². The zero-order valence-corrected chi connectivity index (χ0v) is 13.5. The minimum absolute atomic E-state index is 0.0106. The number of hydrogen-bond donors (Lipinski definition) is 4. The van der Waals surface area contributed by atoms with E-state index in [1.807, 2.05) is 0 Å². The highest BCUT2D eigenvalue weighted by Crippen LogP contribution is 2.37. The summed E-state index contributed by atoms with van der Waals surface area (Å²) in [6, 6.07) is 6.09. The lowest BCUT2D eigenvalue weighted by atomic mass is 10.1. The van der Waals surface area contributed by atoms with E-state index >= 15 is 0 Å². The normalized spacial score (nSPS) is 27.0. The van der Waals surface area contributed by atoms with E-state index in [0.717, 1.165) is 4.57 Å². The minimum atomic E-state index is -1.40. The van der Waals surface area contributed by atoms with Gasteiger partial charge in [-0.2, -0.15) is 0 Å². The van der Waals surface area contributed by atoms with E-state index in [0.29, 0.717) is 17.1 Å². The second-order valence-corrected chi connectivity index (χ2v) is 6.09. The van der Waals surface area contributed by atoms with Crippen molar-refractivity contribution in [1.29, 1.82) is 0 Å². The molecule has 0 radical (unpaired) electrons. The molecule has 0 saturated carbocycles. The molecule has 1 aromatic heterocycles. The van der Waals surface area contributed by atoms with E-state index in [1.165, 1.54) is 12.3 Å². The predicted octanol–water partition coefficient (Wildman–Crippen LogP) is -0.439. The number of ether oxygens (including phenoxy) is 3. The molecule has 9 nitrogen and oxygen atoms in total. The van der Waals surface area contributed by atoms with Crippen LogP contribution in [-0.2, 0) is 4.74 Å². The van der Waals surface area contributed by atoms with Gasteiger partial charge < -0.3 is 34.6 Å². The number of aromatic hydroxyl groups is 1. The third-order valence-electron chi connectivity index (χ3n) is 4.55. The summed E-state index contributed by atoms with van der Waals surface area (Å²) >= 11 is 0. The highest BCUT2D eigenvalue weighted by Gasteiger charge is 2.43. The fourth-order valence-corrected chi connectivity index (χ4v) is 3.17. The van der Waals surface area contributed by atoms with Gasteiger partial charge in [0.1, 0.15) is 24.1 Å². The number of fused-ring (bicyclic) bond motifs is 1. The average Bonchev–Trinajstić information content (AvgIpc) is 3.20. The van der Waals surface area contributed by atoms with Gasteiger partial charge in [0.15, 0.2) is 17.7 Å². The highest BCUT2D eigenvalue weighted by molar-refractivity contribution is 5.71. The lowest BCUT2D eigenvalue weighted by Crippen LogP contribution is -2.35. The molecule has 0 spiro atoms. The Bertz CT molecular complexity index is 895. The first kappa shape index (κ1) is 16.9. The van der Waals surface area contributed by atoms with Gasteiger partial charge in [-0.15, -0.1) is 0 Å². The molecule has 26 heavy (non-hydrogen) atoms. The van der Waals surface area contributed by atoms with Crippen LogP contribution in [0, 0.1) is 0 Å². The molecular formula is C17H17NO8. The van der Waals surface area contributed by atoms with Gasteiger partial charge in [0.05, 0.1) is 12.2 Å². The van der Waals surface area contributed by atoms with E-state index in [4.69, 9.17) is 14.2 Å². The number of hydrogen-bond acceptors (Lipinski definition) is 8. The number of benzene rings is 1. The van der Waals surface area contributed by atoms with Crippen LogP contribution in [0.1, 0.15) is 6.23 Å². The molecule has 2 aliphatic heterocycles. The number of aliphatic hydroxyl groups excluding tert-OH is 3. The van der Waals surface area contributed by atoms with Crippen LogP contribution in [0.15, 0.2) is 35.3 Å². The predicted molar refractivity (Wildman–Crippen MR) is 86.9 cm³/mol. The SMILES string of the molecule is O=c1c(-c2ccc3c(c2)OCO3)c(O)ccn1[C@@H]1O[C@H](CO)C(O)C1O. The molecule has 2 aromatic rings. The van der Waals surface area contributed by atoms with E-state index < -0.39 is 36.7 Å². The number of nitrogens with zero attached hydrogens (tertiary/aromatic N) is 1. The third-order valence-corrected chi connectivity index (χ3v) is 4.55. The van der Waals surface area contributed by atoms with Gasteiger partial charge >= 0.3 is 0 Å². The monoisotopic (exact) mass is 363 g/mol. The Morgan fingerprint density at radius 1 is 1.12 bits per heavy atom. The van der Waals surface area contributed by atoms with Crippen LogP contribution in [0.25, 0.3) is 11.1 Å². The molecule has 1 fully saturated rings. The molecule has 0 bridgehead atoms. The zero-order valence-electron chi connectivity index (χ0n) is 13.5. The van der Waals surface area contributed by atoms with Crippen LogP contribution in [0.2, 0.25) is 0 Å². The van der Waals surface area contributed by atoms with Gasteiger partial charge in [-0.05, 0) is 23.8 Å². The minimum Gasteiger partial charge on any atom is -0.507 e. The van der Waals surface area contributed by atoms with Crippen molar-refractivity contribution >= 4 is 0 Å². The molecule has 2 unspecified atom stereocenters. The van der Waals surface area contributed by atoms with E-state index in [1.54, 1.807) is 18.2 Å². The van der Waals surface area contributed by atoms with Gasteiger partial charge in [-0.3, -0.25) is 9.36 Å². The zero-order chi connectivity index (χ0) is 18.4. The lowest BCUT2D eigenvalue weighted by molar-refractivity contribution is -0.0543. The van der Waals surface area contributed by atoms with E-state index in [-0.39, 0.29) is 18.1 Å². The van der Waals surface area contributed by atoms with Crippen molar-refractivity contribution in [3.05, 3.63) is 40.8 Å². The largest absolute Gasteiger partial charge is 0.507 e. The molecule has 9 heteroatoms. The van der Waals surface area contributed by atoms with Crippen molar-refractivity contribution in [2.75, 3.05) is 13.4 Å². The van der Waals surface area contributed by atoms with Crippen LogP contribution in [0.3, 0.4) is 0 Å². The summed E-state index contributed by atoms with van der Waals surface area (Å²) in [7, 11) is 0. The van der Waals surface area contributed by atoms with Gasteiger partial charge in [0.2, 0.25) is 6.79 Å². The van der Waals surface area contributed by atoms with Gasteiger partial charge in [-0.25, -0.2) is 0 Å². The smallest absolute Gasteiger partial charge is 0.264 e. The molecule has 2 aliphatic rings. The van der Waals surface area contributed by atoms with Crippen LogP contribution >= 0.6 is 0 Å². The summed E-state index contributed by atoms with van der Waals surface area (Å²) in [6.07, 6.45) is -3.68. The summed E-state index contributed by atoms with van der Waals surface area (Å²) < 4.78 is 17.0. The van der Waals surface area contributed by atoms with Gasteiger partial charge in [0.25, 0.3) is 5.56 Å². The Kier molecular flexibility index (Phi) is 4.08. The van der Waals surface area contributed by atoms with Crippen molar-refractivity contribution in [3.63, 3.8) is 0 Å². The fraction of sp³-hybridized carbons (Fsp3) is 0.353. The molecule has 0 aliphatic carbocycles. The Morgan fingerprint density at radius 2 is 1.88 bits per heavy atom. The van der Waals surface area contributed by atoms with Crippen molar-refractivity contribution in [2.45, 2.75) is 24.5 Å². The molecule has 3 heterocycles. The first-order valence-corrected chi connectivity index (χ1v) is 7.98. The second-order valence-electron chi connectivity index (χ2n) is 6.09. The maximum Gasteiger partial charge on any atom is 0.264 e. The van der Waals surface area contributed by atoms with Gasteiger partial charge in [-0.1, -0.05) is 6.07 Å². The molecule has 4 N–H and O–H groups in total. The quantitative estimate of drug-likeness (QED) is 0.577. The maximum atomic E-state index is 12.9. The van der Waals surface area contributed by atoms with E-state index in [9.17, 15) is 25.2 Å². The molecule has 4 atom stereocenters. The number of aliphatic hydroxyl groups is 3. The first-order chi connectivity index (χ1) is 12.5. The summed E-state index contributed by atoms with van der Waals surface area (Å²) in [4.78, 5) is 12.9. The van der Waals surface area contributed by atoms with Crippen LogP contribution in [-0.4, -0.2) is 56.7 Å². The maximum absolute atomic E-state index is 12.9. The van der Waals surface area contributed by atoms with Crippen molar-refractivity contribution in [1.82, 2.24) is 4.57 Å². The summed E-state index contributed by atoms with van der Waals surface area (Å²) in [6.45, 7) is -0.428. The van der Waals surface area contributed by atoms with Crippen molar-refractivity contribution in [2.24, 2.45) is 0 Å². The first-order valence-electron chi connectivity index (χ1n) is 7.98. The second kappa shape index (κ2) is 6.29. The van der Waals surface area contributed by atoms with E-state index in [2.05, 4.69) is 0 Å². The number of pyridine rings is 1. The Hall–Kier alpha value is -2.59. The molecule has 0 amide bonds. The molecule has 1 aromatic carbocycles. The number of rotatable bonds is 3. The van der Waals surface area contributed by atoms with Crippen molar-refractivity contribution < 1.29 is 34.6 Å². The molecular weight excluding hydrogens is 346 g/mol. The van der Waals surface area contributed by atoms with Crippen LogP contribution in [0.5, 0.6) is 17.2 Å².